The molecule has 2 atom stereocenters. The smallest absolute Gasteiger partial charge is 0.417 e. The number of nitrogens with zero attached hydrogens (tertiary/aromatic N) is 2. The standard InChI is InChI=1S/C18H26N2O7/c1-6-25-13(21)12-11-18(9-8-10-19,15(23)26-7-2)14(22)20(12)16(24)27-17(3,4)5/h12H,6-9,11H2,1-5H3/t12-,18+/m0/s1. The molecule has 27 heavy (non-hydrogen) atoms. The number of likely N-dealkylation sites (tertiary alicyclic amines) is 1. The Morgan fingerprint density at radius 1 is 1.22 bits per heavy atom. The average molecular weight is 382 g/mol. The van der Waals surface area contributed by atoms with Crippen LogP contribution in [-0.4, -0.2) is 53.7 Å². The zero-order chi connectivity index (χ0) is 20.8. The zero-order valence-electron chi connectivity index (χ0n) is 16.4. The topological polar surface area (TPSA) is 123 Å². The molecule has 1 fully saturated rings. The van der Waals surface area contributed by atoms with Gasteiger partial charge in [0.2, 0.25) is 5.91 Å². The van der Waals surface area contributed by atoms with Crippen molar-refractivity contribution in [3.8, 4) is 6.07 Å². The lowest BCUT2D eigenvalue weighted by atomic mass is 9.80. The molecule has 0 aromatic heterocycles. The van der Waals surface area contributed by atoms with Crippen LogP contribution in [0.5, 0.6) is 0 Å². The van der Waals surface area contributed by atoms with Gasteiger partial charge in [-0.25, -0.2) is 14.5 Å². The number of hydrogen-bond donors (Lipinski definition) is 0. The van der Waals surface area contributed by atoms with Crippen LogP contribution in [0.1, 0.15) is 53.9 Å². The molecule has 0 aliphatic carbocycles. The number of hydrogen-bond acceptors (Lipinski definition) is 8. The monoisotopic (exact) mass is 382 g/mol. The molecule has 9 nitrogen and oxygen atoms in total. The molecule has 0 spiro atoms. The summed E-state index contributed by atoms with van der Waals surface area (Å²) in [4.78, 5) is 51.3. The average Bonchev–Trinajstić information content (AvgIpc) is 2.86. The van der Waals surface area contributed by atoms with Gasteiger partial charge >= 0.3 is 18.0 Å². The van der Waals surface area contributed by atoms with Gasteiger partial charge in [0.1, 0.15) is 11.6 Å². The Balaban J connectivity index is 3.37. The molecule has 1 rings (SSSR count). The maximum absolute atomic E-state index is 13.1. The second kappa shape index (κ2) is 8.84. The van der Waals surface area contributed by atoms with Gasteiger partial charge in [-0.15, -0.1) is 0 Å². The maximum atomic E-state index is 13.1. The van der Waals surface area contributed by atoms with Gasteiger partial charge in [0.05, 0.1) is 19.3 Å². The first kappa shape index (κ1) is 22.4. The Morgan fingerprint density at radius 2 is 1.81 bits per heavy atom. The van der Waals surface area contributed by atoms with Gasteiger partial charge in [-0.2, -0.15) is 5.26 Å². The van der Waals surface area contributed by atoms with Crippen molar-refractivity contribution in [2.75, 3.05) is 13.2 Å². The van der Waals surface area contributed by atoms with Crippen molar-refractivity contribution in [1.82, 2.24) is 4.90 Å². The number of rotatable bonds is 6. The molecule has 0 bridgehead atoms. The molecule has 2 amide bonds. The van der Waals surface area contributed by atoms with Crippen LogP contribution in [0.2, 0.25) is 0 Å². The lowest BCUT2D eigenvalue weighted by Crippen LogP contribution is -2.48. The third-order valence-electron chi connectivity index (χ3n) is 3.96. The molecule has 1 heterocycles. The van der Waals surface area contributed by atoms with Gasteiger partial charge in [0, 0.05) is 12.8 Å². The van der Waals surface area contributed by atoms with Gasteiger partial charge < -0.3 is 14.2 Å². The van der Waals surface area contributed by atoms with Crippen molar-refractivity contribution in [1.29, 1.82) is 5.26 Å². The Morgan fingerprint density at radius 3 is 2.30 bits per heavy atom. The normalized spacial score (nSPS) is 22.1. The van der Waals surface area contributed by atoms with Crippen LogP contribution in [0, 0.1) is 16.7 Å². The third kappa shape index (κ3) is 4.96. The number of ether oxygens (including phenoxy) is 3. The minimum atomic E-state index is -1.81. The maximum Gasteiger partial charge on any atom is 0.417 e. The fourth-order valence-corrected chi connectivity index (χ4v) is 2.85. The summed E-state index contributed by atoms with van der Waals surface area (Å²) < 4.78 is 15.2. The van der Waals surface area contributed by atoms with Crippen LogP contribution in [0.3, 0.4) is 0 Å². The summed E-state index contributed by atoms with van der Waals surface area (Å²) in [5.41, 5.74) is -2.72. The van der Waals surface area contributed by atoms with E-state index in [0.29, 0.717) is 4.90 Å². The number of imide groups is 1. The number of carbonyl (C=O) groups is 4. The van der Waals surface area contributed by atoms with E-state index in [1.165, 1.54) is 0 Å². The van der Waals surface area contributed by atoms with Crippen molar-refractivity contribution < 1.29 is 33.4 Å². The minimum Gasteiger partial charge on any atom is -0.465 e. The molecule has 0 N–H and O–H groups in total. The highest BCUT2D eigenvalue weighted by Crippen LogP contribution is 2.42. The van der Waals surface area contributed by atoms with E-state index in [1.807, 2.05) is 6.07 Å². The second-order valence-electron chi connectivity index (χ2n) is 7.09. The molecule has 1 aliphatic rings. The van der Waals surface area contributed by atoms with E-state index in [-0.39, 0.29) is 32.5 Å². The van der Waals surface area contributed by atoms with Crippen LogP contribution < -0.4 is 0 Å². The van der Waals surface area contributed by atoms with Gasteiger partial charge in [-0.3, -0.25) is 9.59 Å². The van der Waals surface area contributed by atoms with E-state index in [4.69, 9.17) is 19.5 Å². The third-order valence-corrected chi connectivity index (χ3v) is 3.96. The van der Waals surface area contributed by atoms with E-state index in [2.05, 4.69) is 0 Å². The van der Waals surface area contributed by atoms with Crippen LogP contribution in [0.4, 0.5) is 4.79 Å². The Kier molecular flexibility index (Phi) is 7.34. The Labute approximate surface area is 158 Å². The van der Waals surface area contributed by atoms with E-state index >= 15 is 0 Å². The Bertz CT molecular complexity index is 647. The first-order valence-electron chi connectivity index (χ1n) is 8.81. The lowest BCUT2D eigenvalue weighted by molar-refractivity contribution is -0.161. The molecular weight excluding hydrogens is 356 g/mol. The fourth-order valence-electron chi connectivity index (χ4n) is 2.85. The van der Waals surface area contributed by atoms with Crippen LogP contribution in [-0.2, 0) is 28.6 Å². The quantitative estimate of drug-likeness (QED) is 0.388. The first-order chi connectivity index (χ1) is 12.5. The largest absolute Gasteiger partial charge is 0.465 e. The number of amides is 2. The molecule has 1 aliphatic heterocycles. The number of nitriles is 1. The van der Waals surface area contributed by atoms with Crippen molar-refractivity contribution in [2.45, 2.75) is 65.5 Å². The van der Waals surface area contributed by atoms with Crippen LogP contribution in [0.15, 0.2) is 0 Å². The van der Waals surface area contributed by atoms with Crippen LogP contribution in [0.25, 0.3) is 0 Å². The highest BCUT2D eigenvalue weighted by molar-refractivity contribution is 6.12. The summed E-state index contributed by atoms with van der Waals surface area (Å²) in [6, 6.07) is 0.554. The number of esters is 2. The van der Waals surface area contributed by atoms with E-state index in [0.717, 1.165) is 0 Å². The Hall–Kier alpha value is -2.63. The molecule has 0 aromatic rings. The molecule has 0 radical (unpaired) electrons. The second-order valence-corrected chi connectivity index (χ2v) is 7.09. The molecule has 0 aromatic carbocycles. The summed E-state index contributed by atoms with van der Waals surface area (Å²) >= 11 is 0. The molecule has 9 heteroatoms. The van der Waals surface area contributed by atoms with Gasteiger partial charge in [0.25, 0.3) is 0 Å². The molecule has 1 saturated heterocycles. The van der Waals surface area contributed by atoms with Crippen molar-refractivity contribution in [3.05, 3.63) is 0 Å². The minimum absolute atomic E-state index is 0.0108. The lowest BCUT2D eigenvalue weighted by Gasteiger charge is -2.27. The highest BCUT2D eigenvalue weighted by Gasteiger charge is 2.62. The summed E-state index contributed by atoms with van der Waals surface area (Å²) in [7, 11) is 0. The van der Waals surface area contributed by atoms with Crippen molar-refractivity contribution in [3.63, 3.8) is 0 Å². The summed E-state index contributed by atoms with van der Waals surface area (Å²) in [6.07, 6.45) is -1.66. The van der Waals surface area contributed by atoms with E-state index in [9.17, 15) is 19.2 Å². The van der Waals surface area contributed by atoms with Crippen molar-refractivity contribution >= 4 is 23.9 Å². The molecule has 0 saturated carbocycles. The van der Waals surface area contributed by atoms with E-state index < -0.39 is 41.0 Å². The molecule has 0 unspecified atom stereocenters. The SMILES string of the molecule is CCOC(=O)[C@@H]1C[C@@](CCC#N)(C(=O)OCC)C(=O)N1C(=O)OC(C)(C)C. The summed E-state index contributed by atoms with van der Waals surface area (Å²) in [6.45, 7) is 8.04. The van der Waals surface area contributed by atoms with Crippen molar-refractivity contribution in [2.24, 2.45) is 5.41 Å². The van der Waals surface area contributed by atoms with Gasteiger partial charge in [0.15, 0.2) is 5.41 Å². The summed E-state index contributed by atoms with van der Waals surface area (Å²) in [5.74, 6) is -2.60. The van der Waals surface area contributed by atoms with Crippen LogP contribution >= 0.6 is 0 Å². The fraction of sp³-hybridized carbons (Fsp3) is 0.722. The van der Waals surface area contributed by atoms with Gasteiger partial charge in [-0.1, -0.05) is 0 Å². The predicted molar refractivity (Wildman–Crippen MR) is 92.0 cm³/mol. The first-order valence-corrected chi connectivity index (χ1v) is 8.81. The van der Waals surface area contributed by atoms with Gasteiger partial charge in [-0.05, 0) is 41.0 Å². The number of carbonyl (C=O) groups excluding carboxylic acids is 4. The predicted octanol–water partition coefficient (Wildman–Crippen LogP) is 1.94. The summed E-state index contributed by atoms with van der Waals surface area (Å²) in [5, 5.41) is 8.92. The molecular formula is C18H26N2O7. The highest BCUT2D eigenvalue weighted by atomic mass is 16.6. The van der Waals surface area contributed by atoms with E-state index in [1.54, 1.807) is 34.6 Å². The zero-order valence-corrected chi connectivity index (χ0v) is 16.4. The molecule has 150 valence electrons.